The summed E-state index contributed by atoms with van der Waals surface area (Å²) in [7, 11) is 0. The van der Waals surface area contributed by atoms with E-state index in [0.717, 1.165) is 5.56 Å². The van der Waals surface area contributed by atoms with Crippen molar-refractivity contribution in [2.45, 2.75) is 26.7 Å². The number of anilines is 1. The number of nitrogens with zero attached hydrogens (tertiary/aromatic N) is 2. The molecule has 0 unspecified atom stereocenters. The third-order valence-electron chi connectivity index (χ3n) is 5.29. The highest BCUT2D eigenvalue weighted by Crippen LogP contribution is 2.26. The Kier molecular flexibility index (Phi) is 5.56. The Morgan fingerprint density at radius 1 is 1.22 bits per heavy atom. The third-order valence-corrected chi connectivity index (χ3v) is 5.29. The molecule has 2 heterocycles. The van der Waals surface area contributed by atoms with Crippen LogP contribution in [-0.2, 0) is 11.2 Å². The van der Waals surface area contributed by atoms with Crippen molar-refractivity contribution in [1.29, 1.82) is 5.26 Å². The third kappa shape index (κ3) is 4.14. The van der Waals surface area contributed by atoms with E-state index < -0.39 is 5.56 Å². The minimum Gasteiger partial charge on any atom is -0.436 e. The van der Waals surface area contributed by atoms with Crippen LogP contribution in [-0.4, -0.2) is 15.9 Å². The van der Waals surface area contributed by atoms with Crippen molar-refractivity contribution in [1.82, 2.24) is 9.97 Å². The van der Waals surface area contributed by atoms with E-state index >= 15 is 0 Å². The molecule has 2 aromatic carbocycles. The molecule has 0 fully saturated rings. The molecular formula is C24H19FN4O3. The Morgan fingerprint density at radius 2 is 1.97 bits per heavy atom. The van der Waals surface area contributed by atoms with E-state index in [4.69, 9.17) is 4.42 Å². The van der Waals surface area contributed by atoms with Gasteiger partial charge in [-0.25, -0.2) is 9.37 Å². The van der Waals surface area contributed by atoms with Gasteiger partial charge in [-0.3, -0.25) is 9.59 Å². The Balaban J connectivity index is 1.48. The first kappa shape index (κ1) is 21.0. The number of benzene rings is 2. The number of aromatic amines is 1. The summed E-state index contributed by atoms with van der Waals surface area (Å²) in [5.41, 5.74) is 3.99. The average molecular weight is 430 g/mol. The number of aromatic nitrogens is 2. The van der Waals surface area contributed by atoms with Crippen LogP contribution in [0.5, 0.6) is 0 Å². The van der Waals surface area contributed by atoms with Crippen molar-refractivity contribution in [2.75, 3.05) is 5.32 Å². The van der Waals surface area contributed by atoms with Crippen molar-refractivity contribution in [3.8, 4) is 17.5 Å². The van der Waals surface area contributed by atoms with E-state index in [9.17, 15) is 19.2 Å². The number of amides is 1. The molecule has 0 saturated carbocycles. The predicted octanol–water partition coefficient (Wildman–Crippen LogP) is 4.38. The number of oxazole rings is 1. The van der Waals surface area contributed by atoms with Gasteiger partial charge in [0.1, 0.15) is 23.0 Å². The lowest BCUT2D eigenvalue weighted by Crippen LogP contribution is -2.18. The van der Waals surface area contributed by atoms with Gasteiger partial charge in [-0.05, 0) is 67.8 Å². The smallest absolute Gasteiger partial charge is 0.266 e. The molecule has 0 spiro atoms. The zero-order chi connectivity index (χ0) is 22.8. The van der Waals surface area contributed by atoms with E-state index in [1.54, 1.807) is 44.2 Å². The van der Waals surface area contributed by atoms with Gasteiger partial charge in [-0.2, -0.15) is 5.26 Å². The summed E-state index contributed by atoms with van der Waals surface area (Å²) in [4.78, 5) is 31.4. The highest BCUT2D eigenvalue weighted by molar-refractivity contribution is 5.93. The fraction of sp³-hybridized carbons (Fsp3) is 0.167. The van der Waals surface area contributed by atoms with Crippen molar-refractivity contribution in [2.24, 2.45) is 0 Å². The zero-order valence-electron chi connectivity index (χ0n) is 17.5. The van der Waals surface area contributed by atoms with Gasteiger partial charge in [0.15, 0.2) is 5.58 Å². The van der Waals surface area contributed by atoms with Crippen LogP contribution in [0.2, 0.25) is 0 Å². The molecule has 0 aliphatic rings. The molecule has 0 atom stereocenters. The lowest BCUT2D eigenvalue weighted by atomic mass is 9.99. The summed E-state index contributed by atoms with van der Waals surface area (Å²) in [6.45, 7) is 3.46. The first-order valence-corrected chi connectivity index (χ1v) is 9.94. The fourth-order valence-electron chi connectivity index (χ4n) is 3.60. The van der Waals surface area contributed by atoms with Crippen LogP contribution in [0.1, 0.15) is 28.8 Å². The summed E-state index contributed by atoms with van der Waals surface area (Å²) < 4.78 is 18.9. The topological polar surface area (TPSA) is 112 Å². The number of H-pyrrole nitrogens is 1. The molecule has 0 aliphatic carbocycles. The number of pyridine rings is 1. The number of hydrogen-bond donors (Lipinski definition) is 2. The monoisotopic (exact) mass is 430 g/mol. The summed E-state index contributed by atoms with van der Waals surface area (Å²) in [6.07, 6.45) is 0.558. The van der Waals surface area contributed by atoms with Crippen LogP contribution in [0.15, 0.2) is 51.7 Å². The van der Waals surface area contributed by atoms with Crippen LogP contribution in [0.4, 0.5) is 10.1 Å². The molecule has 8 heteroatoms. The Morgan fingerprint density at radius 3 is 2.69 bits per heavy atom. The van der Waals surface area contributed by atoms with Gasteiger partial charge in [0, 0.05) is 29.4 Å². The maximum atomic E-state index is 13.1. The van der Waals surface area contributed by atoms with Gasteiger partial charge in [-0.15, -0.1) is 0 Å². The van der Waals surface area contributed by atoms with Crippen molar-refractivity contribution >= 4 is 22.7 Å². The second-order valence-electron chi connectivity index (χ2n) is 7.43. The minimum absolute atomic E-state index is 0.0683. The van der Waals surface area contributed by atoms with Crippen molar-refractivity contribution < 1.29 is 13.6 Å². The fourth-order valence-corrected chi connectivity index (χ4v) is 3.60. The summed E-state index contributed by atoms with van der Waals surface area (Å²) >= 11 is 0. The van der Waals surface area contributed by atoms with Gasteiger partial charge >= 0.3 is 0 Å². The first-order valence-electron chi connectivity index (χ1n) is 9.94. The maximum Gasteiger partial charge on any atom is 0.266 e. The lowest BCUT2D eigenvalue weighted by molar-refractivity contribution is -0.116. The van der Waals surface area contributed by atoms with E-state index in [-0.39, 0.29) is 23.7 Å². The van der Waals surface area contributed by atoms with E-state index in [1.807, 2.05) is 6.07 Å². The number of halogens is 1. The molecule has 0 aliphatic heterocycles. The van der Waals surface area contributed by atoms with Crippen molar-refractivity contribution in [3.05, 3.63) is 81.0 Å². The highest BCUT2D eigenvalue weighted by atomic mass is 19.1. The van der Waals surface area contributed by atoms with Gasteiger partial charge < -0.3 is 14.7 Å². The van der Waals surface area contributed by atoms with Crippen LogP contribution < -0.4 is 10.9 Å². The minimum atomic E-state index is -0.420. The second kappa shape index (κ2) is 8.47. The maximum absolute atomic E-state index is 13.1. The molecule has 0 saturated heterocycles. The standard InChI is InChI=1S/C24H19FN4O3/c1-13-18(14(2)27-23(31)19(13)12-26)8-10-22(30)28-17-7-9-20-21(11-17)32-24(29-20)15-3-5-16(25)6-4-15/h3-7,9,11H,8,10H2,1-2H3,(H,27,31)(H,28,30). The number of carbonyl (C=O) groups is 1. The molecule has 4 aromatic rings. The van der Waals surface area contributed by atoms with E-state index in [2.05, 4.69) is 15.3 Å². The summed E-state index contributed by atoms with van der Waals surface area (Å²) in [5, 5.41) is 12.0. The number of aryl methyl sites for hydroxylation is 1. The van der Waals surface area contributed by atoms with Crippen LogP contribution in [0.3, 0.4) is 0 Å². The number of hydrogen-bond acceptors (Lipinski definition) is 5. The molecular weight excluding hydrogens is 411 g/mol. The van der Waals surface area contributed by atoms with Gasteiger partial charge in [0.2, 0.25) is 11.8 Å². The van der Waals surface area contributed by atoms with Crippen LogP contribution >= 0.6 is 0 Å². The largest absolute Gasteiger partial charge is 0.436 e. The van der Waals surface area contributed by atoms with Gasteiger partial charge in [0.05, 0.1) is 0 Å². The molecule has 160 valence electrons. The Labute approximate surface area is 182 Å². The molecule has 2 aromatic heterocycles. The number of nitriles is 1. The Bertz CT molecular complexity index is 1430. The van der Waals surface area contributed by atoms with Gasteiger partial charge in [-0.1, -0.05) is 0 Å². The van der Waals surface area contributed by atoms with Gasteiger partial charge in [0.25, 0.3) is 5.56 Å². The second-order valence-corrected chi connectivity index (χ2v) is 7.43. The number of fused-ring (bicyclic) bond motifs is 1. The summed E-state index contributed by atoms with van der Waals surface area (Å²) in [5.74, 6) is -0.196. The van der Waals surface area contributed by atoms with Crippen molar-refractivity contribution in [3.63, 3.8) is 0 Å². The van der Waals surface area contributed by atoms with E-state index in [1.165, 1.54) is 12.1 Å². The Hall–Kier alpha value is -4.25. The number of carbonyl (C=O) groups excluding carboxylic acids is 1. The molecule has 0 radical (unpaired) electrons. The normalized spacial score (nSPS) is 10.8. The predicted molar refractivity (Wildman–Crippen MR) is 118 cm³/mol. The van der Waals surface area contributed by atoms with E-state index in [0.29, 0.717) is 45.9 Å². The molecule has 32 heavy (non-hydrogen) atoms. The molecule has 2 N–H and O–H groups in total. The quantitative estimate of drug-likeness (QED) is 0.488. The number of nitrogens with one attached hydrogen (secondary N) is 2. The zero-order valence-corrected chi connectivity index (χ0v) is 17.5. The lowest BCUT2D eigenvalue weighted by Gasteiger charge is -2.11. The van der Waals surface area contributed by atoms with Crippen LogP contribution in [0.25, 0.3) is 22.6 Å². The molecule has 0 bridgehead atoms. The van der Waals surface area contributed by atoms with Crippen LogP contribution in [0, 0.1) is 31.0 Å². The molecule has 4 rings (SSSR count). The SMILES string of the molecule is Cc1[nH]c(=O)c(C#N)c(C)c1CCC(=O)Nc1ccc2nc(-c3ccc(F)cc3)oc2c1. The molecule has 1 amide bonds. The number of rotatable bonds is 5. The first-order chi connectivity index (χ1) is 15.4. The highest BCUT2D eigenvalue weighted by Gasteiger charge is 2.14. The molecule has 7 nitrogen and oxygen atoms in total. The average Bonchev–Trinajstić information content (AvgIpc) is 3.17. The summed E-state index contributed by atoms with van der Waals surface area (Å²) in [6, 6.07) is 12.9.